The number of ether oxygens (including phenoxy) is 3. The highest BCUT2D eigenvalue weighted by Crippen LogP contribution is 2.66. The first-order chi connectivity index (χ1) is 17.0. The molecule has 1 N–H and O–H groups in total. The molecule has 2 heterocycles. The minimum absolute atomic E-state index is 0.0155. The number of esters is 1. The first kappa shape index (κ1) is 26.1. The Morgan fingerprint density at radius 1 is 1.17 bits per heavy atom. The van der Waals surface area contributed by atoms with E-state index in [9.17, 15) is 14.8 Å². The number of fused-ring (bicyclic) bond motifs is 2. The molecule has 0 aromatic carbocycles. The van der Waals surface area contributed by atoms with Crippen molar-refractivity contribution in [2.75, 3.05) is 6.61 Å². The van der Waals surface area contributed by atoms with Gasteiger partial charge in [-0.15, -0.1) is 5.16 Å². The molecule has 2 aliphatic heterocycles. The van der Waals surface area contributed by atoms with Crippen molar-refractivity contribution in [1.82, 2.24) is 0 Å². The molecule has 0 radical (unpaired) electrons. The summed E-state index contributed by atoms with van der Waals surface area (Å²) in [6.45, 7) is 11.2. The van der Waals surface area contributed by atoms with E-state index in [2.05, 4.69) is 32.9 Å². The van der Waals surface area contributed by atoms with E-state index in [0.29, 0.717) is 18.1 Å². The third kappa shape index (κ3) is 4.03. The lowest BCUT2D eigenvalue weighted by atomic mass is 9.52. The molecule has 36 heavy (non-hydrogen) atoms. The summed E-state index contributed by atoms with van der Waals surface area (Å²) in [5.74, 6) is 1.10. The molecule has 5 fully saturated rings. The van der Waals surface area contributed by atoms with Gasteiger partial charge in [0.25, 0.3) is 0 Å². The van der Waals surface area contributed by atoms with E-state index >= 15 is 0 Å². The topological polar surface area (TPSA) is 94.4 Å². The van der Waals surface area contributed by atoms with Gasteiger partial charge in [0.1, 0.15) is 11.9 Å². The predicted octanol–water partition coefficient (Wildman–Crippen LogP) is 5.37. The third-order valence-corrected chi connectivity index (χ3v) is 11.3. The van der Waals surface area contributed by atoms with Crippen LogP contribution in [0, 0.1) is 46.3 Å². The quantitative estimate of drug-likeness (QED) is 0.240. The monoisotopic (exact) mass is 503 g/mol. The van der Waals surface area contributed by atoms with E-state index in [-0.39, 0.29) is 58.6 Å². The van der Waals surface area contributed by atoms with Crippen molar-refractivity contribution >= 4 is 18.0 Å². The molecule has 11 atom stereocenters. The number of nitrogens with zero attached hydrogens (tertiary/aromatic N) is 1. The molecule has 2 unspecified atom stereocenters. The largest absolute Gasteiger partial charge is 0.463 e. The molecular weight excluding hydrogens is 458 g/mol. The zero-order chi connectivity index (χ0) is 25.9. The second-order valence-corrected chi connectivity index (χ2v) is 13.3. The summed E-state index contributed by atoms with van der Waals surface area (Å²) in [6.07, 6.45) is 9.33. The van der Waals surface area contributed by atoms with Crippen LogP contribution in [0.25, 0.3) is 0 Å². The minimum Gasteiger partial charge on any atom is -0.463 e. The maximum atomic E-state index is 14.2. The van der Waals surface area contributed by atoms with Crippen LogP contribution in [0.4, 0.5) is 0 Å². The van der Waals surface area contributed by atoms with E-state index in [0.717, 1.165) is 58.0 Å². The second-order valence-electron chi connectivity index (χ2n) is 13.3. The lowest BCUT2D eigenvalue weighted by Crippen LogP contribution is -2.53. The lowest BCUT2D eigenvalue weighted by molar-refractivity contribution is -0.271. The zero-order valence-corrected chi connectivity index (χ0v) is 22.7. The van der Waals surface area contributed by atoms with Crippen molar-refractivity contribution in [2.45, 2.75) is 110 Å². The van der Waals surface area contributed by atoms with Gasteiger partial charge in [-0.25, -0.2) is 0 Å². The summed E-state index contributed by atoms with van der Waals surface area (Å²) in [5.41, 5.74) is -0.565. The Hall–Kier alpha value is -1.47. The Morgan fingerprint density at radius 3 is 2.61 bits per heavy atom. The Labute approximate surface area is 215 Å². The maximum Gasteiger partial charge on any atom is 0.302 e. The molecule has 1 spiro atoms. The van der Waals surface area contributed by atoms with E-state index in [4.69, 9.17) is 14.2 Å². The Bertz CT molecular complexity index is 896. The normalized spacial score (nSPS) is 50.9. The summed E-state index contributed by atoms with van der Waals surface area (Å²) >= 11 is 0. The molecule has 5 aliphatic rings. The van der Waals surface area contributed by atoms with Crippen molar-refractivity contribution in [3.63, 3.8) is 0 Å². The van der Waals surface area contributed by atoms with Gasteiger partial charge in [0.2, 0.25) is 0 Å². The van der Waals surface area contributed by atoms with E-state index in [1.165, 1.54) is 6.92 Å². The fraction of sp³-hybridized carbons (Fsp3) is 0.897. The molecule has 0 bridgehead atoms. The number of Topliss-reactive ketones (excluding diaryl/α,β-unsaturated/α-hetero) is 1. The van der Waals surface area contributed by atoms with Crippen LogP contribution in [0.15, 0.2) is 5.16 Å². The average molecular weight is 504 g/mol. The molecule has 2 saturated heterocycles. The predicted molar refractivity (Wildman–Crippen MR) is 134 cm³/mol. The number of hydrogen-bond donors (Lipinski definition) is 1. The summed E-state index contributed by atoms with van der Waals surface area (Å²) in [4.78, 5) is 25.7. The minimum atomic E-state index is -0.521. The second kappa shape index (κ2) is 9.37. The fourth-order valence-electron chi connectivity index (χ4n) is 9.26. The molecule has 5 rings (SSSR count). The molecule has 7 heteroatoms. The van der Waals surface area contributed by atoms with Crippen molar-refractivity contribution in [3.8, 4) is 0 Å². The van der Waals surface area contributed by atoms with Gasteiger partial charge in [0.05, 0.1) is 12.7 Å². The molecule has 0 amide bonds. The van der Waals surface area contributed by atoms with Crippen LogP contribution < -0.4 is 0 Å². The SMILES string of the molecule is CC(=O)O[C@H]1CC[C@]2(C)C(=O)C(C3C[C@@H]4O[C@]5(CC[C@@H](C)CO5)[C@@H](C)[C@@H]4[C@@]3(C)C/C=N\O)CC[C@H]2C1. The van der Waals surface area contributed by atoms with Gasteiger partial charge in [0, 0.05) is 36.8 Å². The molecular formula is C29H45NO6. The number of hydrogen-bond acceptors (Lipinski definition) is 7. The van der Waals surface area contributed by atoms with Gasteiger partial charge < -0.3 is 19.4 Å². The van der Waals surface area contributed by atoms with E-state index in [1.807, 2.05) is 0 Å². The van der Waals surface area contributed by atoms with Crippen LogP contribution in [0.2, 0.25) is 0 Å². The van der Waals surface area contributed by atoms with Crippen molar-refractivity contribution < 1.29 is 29.0 Å². The summed E-state index contributed by atoms with van der Waals surface area (Å²) in [7, 11) is 0. The number of carbonyl (C=O) groups is 2. The molecule has 0 aromatic heterocycles. The van der Waals surface area contributed by atoms with Gasteiger partial charge >= 0.3 is 5.97 Å². The highest BCUT2D eigenvalue weighted by molar-refractivity contribution is 5.88. The number of ketones is 1. The van der Waals surface area contributed by atoms with E-state index in [1.54, 1.807) is 6.21 Å². The van der Waals surface area contributed by atoms with Gasteiger partial charge in [-0.3, -0.25) is 9.59 Å². The standard InChI is InChI=1S/C29H45NO6/c1-17-8-11-29(34-16-17)18(2)25-24(36-29)15-23(28(25,5)12-13-30-33)22-7-6-20-14-21(35-19(3)31)9-10-27(20,4)26(22)32/h13,17-18,20-25,33H,6-12,14-16H2,1-5H3/b30-13-/t17-,18+,20+,21+,22?,23?,24+,25+,27+,28+,29-/m1/s1. The van der Waals surface area contributed by atoms with Crippen LogP contribution in [0.3, 0.4) is 0 Å². The Kier molecular flexibility index (Phi) is 6.81. The number of carbonyl (C=O) groups excluding carboxylic acids is 2. The Morgan fingerprint density at radius 2 is 1.94 bits per heavy atom. The summed E-state index contributed by atoms with van der Waals surface area (Å²) in [6, 6.07) is 0. The average Bonchev–Trinajstić information content (AvgIpc) is 3.26. The van der Waals surface area contributed by atoms with Crippen LogP contribution in [0.5, 0.6) is 0 Å². The van der Waals surface area contributed by atoms with Crippen LogP contribution in [-0.2, 0) is 23.8 Å². The summed E-state index contributed by atoms with van der Waals surface area (Å²) in [5, 5.41) is 12.7. The fourth-order valence-corrected chi connectivity index (χ4v) is 9.26. The highest BCUT2D eigenvalue weighted by atomic mass is 16.7. The van der Waals surface area contributed by atoms with Crippen molar-refractivity contribution in [2.24, 2.45) is 51.5 Å². The van der Waals surface area contributed by atoms with Crippen molar-refractivity contribution in [3.05, 3.63) is 0 Å². The number of rotatable bonds is 4. The molecule has 3 saturated carbocycles. The zero-order valence-electron chi connectivity index (χ0n) is 22.7. The number of oxime groups is 1. The molecule has 0 aromatic rings. The van der Waals surface area contributed by atoms with Crippen molar-refractivity contribution in [1.29, 1.82) is 0 Å². The first-order valence-electron chi connectivity index (χ1n) is 14.2. The van der Waals surface area contributed by atoms with Gasteiger partial charge in [0.15, 0.2) is 5.79 Å². The molecule has 3 aliphatic carbocycles. The molecule has 7 nitrogen and oxygen atoms in total. The third-order valence-electron chi connectivity index (χ3n) is 11.3. The summed E-state index contributed by atoms with van der Waals surface area (Å²) < 4.78 is 18.7. The van der Waals surface area contributed by atoms with Crippen LogP contribution in [0.1, 0.15) is 92.4 Å². The van der Waals surface area contributed by atoms with Gasteiger partial charge in [-0.2, -0.15) is 0 Å². The van der Waals surface area contributed by atoms with Crippen LogP contribution in [-0.4, -0.2) is 47.8 Å². The first-order valence-corrected chi connectivity index (χ1v) is 14.2. The maximum absolute atomic E-state index is 14.2. The van der Waals surface area contributed by atoms with Gasteiger partial charge in [-0.05, 0) is 80.5 Å². The molecule has 202 valence electrons. The van der Waals surface area contributed by atoms with E-state index < -0.39 is 5.79 Å². The van der Waals surface area contributed by atoms with Gasteiger partial charge in [-0.1, -0.05) is 27.7 Å². The highest BCUT2D eigenvalue weighted by Gasteiger charge is 2.67. The lowest BCUT2D eigenvalue weighted by Gasteiger charge is -2.51. The smallest absolute Gasteiger partial charge is 0.302 e. The van der Waals surface area contributed by atoms with Crippen LogP contribution >= 0.6 is 0 Å². The Balaban J connectivity index is 1.38.